The van der Waals surface area contributed by atoms with Crippen LogP contribution in [0.1, 0.15) is 220 Å². The number of hydrogen-bond acceptors (Lipinski definition) is 6. The van der Waals surface area contributed by atoms with Crippen LogP contribution in [0.3, 0.4) is 0 Å². The summed E-state index contributed by atoms with van der Waals surface area (Å²) in [5.41, 5.74) is 5.55. The second-order valence-electron chi connectivity index (χ2n) is 15.2. The Balaban J connectivity index is 4.30. The summed E-state index contributed by atoms with van der Waals surface area (Å²) < 4.78 is 11.7. The highest BCUT2D eigenvalue weighted by Gasteiger charge is 2.42. The van der Waals surface area contributed by atoms with Crippen LogP contribution in [0.15, 0.2) is 24.3 Å². The molecule has 0 rings (SSSR count). The molecule has 6 nitrogen and oxygen atoms in total. The van der Waals surface area contributed by atoms with Crippen molar-refractivity contribution in [3.8, 4) is 0 Å². The first-order chi connectivity index (χ1) is 23.7. The van der Waals surface area contributed by atoms with Crippen LogP contribution in [0.2, 0.25) is 0 Å². The molecule has 0 radical (unpaired) electrons. The highest BCUT2D eigenvalue weighted by atomic mass is 16.7. The molecule has 0 aliphatic rings. The Morgan fingerprint density at radius 2 is 0.837 bits per heavy atom. The van der Waals surface area contributed by atoms with E-state index in [1.807, 2.05) is 13.8 Å². The topological polar surface area (TPSA) is 98.8 Å². The fraction of sp³-hybridized carbons (Fsp3) is 0.860. The molecule has 0 unspecified atom stereocenters. The molecule has 0 spiro atoms. The quantitative estimate of drug-likeness (QED) is 0.0294. The Hall–Kier alpha value is -1.66. The molecule has 0 aromatic rings. The first-order valence-corrected chi connectivity index (χ1v) is 20.8. The van der Waals surface area contributed by atoms with Crippen LogP contribution in [-0.2, 0) is 19.1 Å². The fourth-order valence-electron chi connectivity index (χ4n) is 6.35. The van der Waals surface area contributed by atoms with E-state index < -0.39 is 23.3 Å². The van der Waals surface area contributed by atoms with Crippen LogP contribution in [0.4, 0.5) is 0 Å². The summed E-state index contributed by atoms with van der Waals surface area (Å²) in [4.78, 5) is 25.8. The minimum atomic E-state index is -1.54. The van der Waals surface area contributed by atoms with E-state index in [9.17, 15) is 14.7 Å². The van der Waals surface area contributed by atoms with Crippen LogP contribution in [0.5, 0.6) is 0 Å². The lowest BCUT2D eigenvalue weighted by atomic mass is 9.93. The first kappa shape index (κ1) is 47.3. The van der Waals surface area contributed by atoms with Gasteiger partial charge >= 0.3 is 11.9 Å². The number of allylic oxidation sites excluding steroid dienone is 4. The molecule has 0 amide bonds. The van der Waals surface area contributed by atoms with E-state index in [1.165, 1.54) is 103 Å². The Bertz CT molecular complexity index is 762. The lowest BCUT2D eigenvalue weighted by molar-refractivity contribution is -0.239. The van der Waals surface area contributed by atoms with Crippen molar-refractivity contribution in [1.29, 1.82) is 0 Å². The highest BCUT2D eigenvalue weighted by Crippen LogP contribution is 2.30. The Kier molecular flexibility index (Phi) is 32.3. The van der Waals surface area contributed by atoms with Crippen LogP contribution in [0.25, 0.3) is 0 Å². The summed E-state index contributed by atoms with van der Waals surface area (Å²) >= 11 is 0. The maximum absolute atomic E-state index is 12.9. The van der Waals surface area contributed by atoms with Crippen molar-refractivity contribution in [2.45, 2.75) is 232 Å². The lowest BCUT2D eigenvalue weighted by Gasteiger charge is -2.37. The maximum atomic E-state index is 12.9. The minimum Gasteiger partial charge on any atom is -0.422 e. The Morgan fingerprint density at radius 3 is 1.14 bits per heavy atom. The average molecular weight is 692 g/mol. The third kappa shape index (κ3) is 33.3. The lowest BCUT2D eigenvalue weighted by Crippen LogP contribution is -2.49. The standard InChI is InChI=1S/C43H81NO5/c1-5-7-9-11-13-15-17-19-21-23-25-27-29-31-33-35-40(46)48-43(37-38-45,39-42(3,4)44)49-41(47)36-34-32-30-28-26-24-22-20-18-16-14-12-10-8-6-2/h19-22,45H,5-18,23-39,44H2,1-4H3/b21-19-,22-20-. The summed E-state index contributed by atoms with van der Waals surface area (Å²) in [6.45, 7) is 7.88. The van der Waals surface area contributed by atoms with Crippen molar-refractivity contribution in [3.63, 3.8) is 0 Å². The zero-order valence-electron chi connectivity index (χ0n) is 32.9. The van der Waals surface area contributed by atoms with E-state index in [2.05, 4.69) is 38.2 Å². The van der Waals surface area contributed by atoms with Crippen LogP contribution in [-0.4, -0.2) is 35.0 Å². The van der Waals surface area contributed by atoms with Gasteiger partial charge in [-0.15, -0.1) is 0 Å². The molecule has 0 aromatic heterocycles. The molecule has 6 heteroatoms. The number of aliphatic hydroxyl groups is 1. The van der Waals surface area contributed by atoms with Gasteiger partial charge in [-0.3, -0.25) is 9.59 Å². The highest BCUT2D eigenvalue weighted by molar-refractivity contribution is 5.72. The molecule has 0 bridgehead atoms. The summed E-state index contributed by atoms with van der Waals surface area (Å²) in [6.07, 6.45) is 41.0. The third-order valence-corrected chi connectivity index (χ3v) is 9.10. The van der Waals surface area contributed by atoms with Crippen molar-refractivity contribution in [2.24, 2.45) is 5.73 Å². The SMILES string of the molecule is CCCCCCCC/C=C\CCCCCCCC(=O)OC(CCO)(CC(C)(C)N)OC(=O)CCCCCCC/C=C\CCCCCCCC. The summed E-state index contributed by atoms with van der Waals surface area (Å²) in [5, 5.41) is 9.83. The van der Waals surface area contributed by atoms with Crippen molar-refractivity contribution < 1.29 is 24.2 Å². The molecule has 0 fully saturated rings. The molecule has 3 N–H and O–H groups in total. The number of aliphatic hydroxyl groups excluding tert-OH is 1. The van der Waals surface area contributed by atoms with Crippen molar-refractivity contribution >= 4 is 11.9 Å². The van der Waals surface area contributed by atoms with Gasteiger partial charge < -0.3 is 20.3 Å². The van der Waals surface area contributed by atoms with Gasteiger partial charge in [-0.2, -0.15) is 0 Å². The maximum Gasteiger partial charge on any atom is 0.309 e. The van der Waals surface area contributed by atoms with Gasteiger partial charge in [0.15, 0.2) is 0 Å². The van der Waals surface area contributed by atoms with Gasteiger partial charge in [-0.05, 0) is 78.1 Å². The zero-order valence-corrected chi connectivity index (χ0v) is 32.9. The van der Waals surface area contributed by atoms with Gasteiger partial charge in [0.1, 0.15) is 0 Å². The van der Waals surface area contributed by atoms with Gasteiger partial charge in [-0.25, -0.2) is 0 Å². The Labute approximate surface area is 303 Å². The molecule has 0 atom stereocenters. The zero-order chi connectivity index (χ0) is 36.3. The van der Waals surface area contributed by atoms with Crippen LogP contribution >= 0.6 is 0 Å². The molecule has 0 heterocycles. The molecular weight excluding hydrogens is 610 g/mol. The van der Waals surface area contributed by atoms with Crippen molar-refractivity contribution in [2.75, 3.05) is 6.61 Å². The summed E-state index contributed by atoms with van der Waals surface area (Å²) in [5.74, 6) is -2.33. The summed E-state index contributed by atoms with van der Waals surface area (Å²) in [7, 11) is 0. The normalized spacial score (nSPS) is 12.4. The Morgan fingerprint density at radius 1 is 0.531 bits per heavy atom. The molecule has 0 saturated heterocycles. The van der Waals surface area contributed by atoms with E-state index in [-0.39, 0.29) is 32.3 Å². The largest absolute Gasteiger partial charge is 0.422 e. The van der Waals surface area contributed by atoms with Crippen molar-refractivity contribution in [3.05, 3.63) is 24.3 Å². The predicted molar refractivity (Wildman–Crippen MR) is 208 cm³/mol. The molecule has 0 aliphatic carbocycles. The van der Waals surface area contributed by atoms with E-state index >= 15 is 0 Å². The molecule has 288 valence electrons. The van der Waals surface area contributed by atoms with Gasteiger partial charge in [0, 0.05) is 31.2 Å². The van der Waals surface area contributed by atoms with Gasteiger partial charge in [0.2, 0.25) is 0 Å². The number of hydrogen-bond donors (Lipinski definition) is 2. The second kappa shape index (κ2) is 33.5. The van der Waals surface area contributed by atoms with E-state index in [4.69, 9.17) is 15.2 Å². The number of carbonyl (C=O) groups is 2. The number of esters is 2. The molecular formula is C43H81NO5. The first-order valence-electron chi connectivity index (χ1n) is 20.8. The van der Waals surface area contributed by atoms with Crippen LogP contribution in [0, 0.1) is 0 Å². The van der Waals surface area contributed by atoms with Crippen molar-refractivity contribution in [1.82, 2.24) is 0 Å². The summed E-state index contributed by atoms with van der Waals surface area (Å²) in [6, 6.07) is 0. The minimum absolute atomic E-state index is 0.0177. The van der Waals surface area contributed by atoms with E-state index in [0.717, 1.165) is 64.2 Å². The number of carbonyl (C=O) groups excluding carboxylic acids is 2. The van der Waals surface area contributed by atoms with Gasteiger partial charge in [-0.1, -0.05) is 141 Å². The van der Waals surface area contributed by atoms with Gasteiger partial charge in [0.05, 0.1) is 6.61 Å². The number of nitrogens with two attached hydrogens (primary N) is 1. The molecule has 0 aliphatic heterocycles. The monoisotopic (exact) mass is 692 g/mol. The number of rotatable bonds is 36. The van der Waals surface area contributed by atoms with Crippen LogP contribution < -0.4 is 5.73 Å². The fourth-order valence-corrected chi connectivity index (χ4v) is 6.35. The average Bonchev–Trinajstić information content (AvgIpc) is 3.04. The molecule has 49 heavy (non-hydrogen) atoms. The second-order valence-corrected chi connectivity index (χ2v) is 15.2. The molecule has 0 aromatic carbocycles. The molecule has 0 saturated carbocycles. The van der Waals surface area contributed by atoms with E-state index in [0.29, 0.717) is 0 Å². The smallest absolute Gasteiger partial charge is 0.309 e. The number of ether oxygens (including phenoxy) is 2. The third-order valence-electron chi connectivity index (χ3n) is 9.10. The number of unbranched alkanes of at least 4 members (excludes halogenated alkanes) is 22. The van der Waals surface area contributed by atoms with Gasteiger partial charge in [0.25, 0.3) is 5.79 Å². The predicted octanol–water partition coefficient (Wildman–Crippen LogP) is 12.4. The van der Waals surface area contributed by atoms with E-state index in [1.54, 1.807) is 0 Å².